The van der Waals surface area contributed by atoms with E-state index in [0.29, 0.717) is 12.8 Å². The van der Waals surface area contributed by atoms with Gasteiger partial charge in [0, 0.05) is 5.88 Å². The summed E-state index contributed by atoms with van der Waals surface area (Å²) in [4.78, 5) is 21.6. The lowest BCUT2D eigenvalue weighted by molar-refractivity contribution is -0.402. The summed E-state index contributed by atoms with van der Waals surface area (Å²) in [7, 11) is 0. The standard InChI is InChI=1S/C11H15ClN2O4/c1-3-11(4-2,7-12)13-10(15)8-5-6-9(18-8)14(16)17/h5-6H,3-4,7H2,1-2H3,(H,13,15). The summed E-state index contributed by atoms with van der Waals surface area (Å²) in [6.45, 7) is 3.83. The molecular weight excluding hydrogens is 260 g/mol. The second-order valence-electron chi connectivity index (χ2n) is 3.97. The van der Waals surface area contributed by atoms with Crippen LogP contribution in [0.4, 0.5) is 5.88 Å². The monoisotopic (exact) mass is 274 g/mol. The number of rotatable bonds is 6. The second kappa shape index (κ2) is 5.86. The molecule has 0 fully saturated rings. The minimum absolute atomic E-state index is 0.0851. The van der Waals surface area contributed by atoms with Crippen molar-refractivity contribution < 1.29 is 14.1 Å². The van der Waals surface area contributed by atoms with E-state index >= 15 is 0 Å². The van der Waals surface area contributed by atoms with Crippen LogP contribution < -0.4 is 5.32 Å². The maximum Gasteiger partial charge on any atom is 0.433 e. The van der Waals surface area contributed by atoms with Gasteiger partial charge >= 0.3 is 5.88 Å². The zero-order valence-corrected chi connectivity index (χ0v) is 11.0. The highest BCUT2D eigenvalue weighted by molar-refractivity contribution is 6.18. The van der Waals surface area contributed by atoms with Crippen molar-refractivity contribution >= 4 is 23.4 Å². The Morgan fingerprint density at radius 1 is 1.50 bits per heavy atom. The van der Waals surface area contributed by atoms with Crippen molar-refractivity contribution in [2.45, 2.75) is 32.2 Å². The Hall–Kier alpha value is -1.56. The zero-order chi connectivity index (χ0) is 13.8. The molecule has 0 radical (unpaired) electrons. The number of hydrogen-bond acceptors (Lipinski definition) is 4. The number of nitrogens with zero attached hydrogens (tertiary/aromatic N) is 1. The number of amides is 1. The number of hydrogen-bond donors (Lipinski definition) is 1. The molecule has 0 aromatic carbocycles. The van der Waals surface area contributed by atoms with Crippen LogP contribution in [-0.4, -0.2) is 22.2 Å². The van der Waals surface area contributed by atoms with Gasteiger partial charge in [-0.25, -0.2) is 0 Å². The van der Waals surface area contributed by atoms with Crippen molar-refractivity contribution in [3.05, 3.63) is 28.0 Å². The van der Waals surface area contributed by atoms with E-state index in [1.165, 1.54) is 6.07 Å². The summed E-state index contributed by atoms with van der Waals surface area (Å²) < 4.78 is 4.83. The molecule has 100 valence electrons. The number of nitrogens with one attached hydrogen (secondary N) is 1. The van der Waals surface area contributed by atoms with Crippen molar-refractivity contribution in [3.63, 3.8) is 0 Å². The van der Waals surface area contributed by atoms with Crippen LogP contribution in [0.5, 0.6) is 0 Å². The third kappa shape index (κ3) is 3.01. The van der Waals surface area contributed by atoms with Crippen LogP contribution in [0.3, 0.4) is 0 Å². The summed E-state index contributed by atoms with van der Waals surface area (Å²) in [6, 6.07) is 2.42. The number of carbonyl (C=O) groups is 1. The molecule has 7 heteroatoms. The Kier molecular flexibility index (Phi) is 4.72. The Balaban J connectivity index is 2.84. The molecule has 1 aromatic rings. The van der Waals surface area contributed by atoms with Crippen LogP contribution in [0.1, 0.15) is 37.2 Å². The lowest BCUT2D eigenvalue weighted by Crippen LogP contribution is -2.49. The lowest BCUT2D eigenvalue weighted by Gasteiger charge is -2.30. The van der Waals surface area contributed by atoms with Gasteiger partial charge in [0.2, 0.25) is 0 Å². The van der Waals surface area contributed by atoms with Crippen LogP contribution in [0, 0.1) is 10.1 Å². The predicted octanol–water partition coefficient (Wildman–Crippen LogP) is 2.72. The molecule has 0 unspecified atom stereocenters. The molecule has 0 aliphatic carbocycles. The average Bonchev–Trinajstić information content (AvgIpc) is 2.86. The fraction of sp³-hybridized carbons (Fsp3) is 0.545. The molecule has 0 bridgehead atoms. The highest BCUT2D eigenvalue weighted by Crippen LogP contribution is 2.20. The Morgan fingerprint density at radius 2 is 2.11 bits per heavy atom. The summed E-state index contributed by atoms with van der Waals surface area (Å²) in [6.07, 6.45) is 1.34. The van der Waals surface area contributed by atoms with E-state index < -0.39 is 22.3 Å². The highest BCUT2D eigenvalue weighted by atomic mass is 35.5. The van der Waals surface area contributed by atoms with E-state index in [4.69, 9.17) is 16.0 Å². The number of carbonyl (C=O) groups excluding carboxylic acids is 1. The second-order valence-corrected chi connectivity index (χ2v) is 4.24. The predicted molar refractivity (Wildman–Crippen MR) is 66.9 cm³/mol. The largest absolute Gasteiger partial charge is 0.433 e. The van der Waals surface area contributed by atoms with Crippen molar-refractivity contribution in [1.29, 1.82) is 0 Å². The van der Waals surface area contributed by atoms with Gasteiger partial charge in [0.1, 0.15) is 4.92 Å². The van der Waals surface area contributed by atoms with Gasteiger partial charge in [0.15, 0.2) is 5.76 Å². The third-order valence-electron chi connectivity index (χ3n) is 2.98. The molecule has 18 heavy (non-hydrogen) atoms. The minimum Gasteiger partial charge on any atom is -0.395 e. The van der Waals surface area contributed by atoms with Crippen LogP contribution in [0.25, 0.3) is 0 Å². The average molecular weight is 275 g/mol. The van der Waals surface area contributed by atoms with Gasteiger partial charge in [0.25, 0.3) is 5.91 Å². The van der Waals surface area contributed by atoms with Gasteiger partial charge in [-0.1, -0.05) is 13.8 Å². The van der Waals surface area contributed by atoms with E-state index in [-0.39, 0.29) is 11.6 Å². The molecule has 1 amide bonds. The quantitative estimate of drug-likeness (QED) is 0.491. The first kappa shape index (κ1) is 14.5. The normalized spacial score (nSPS) is 11.3. The van der Waals surface area contributed by atoms with Gasteiger partial charge in [0.05, 0.1) is 11.6 Å². The van der Waals surface area contributed by atoms with Gasteiger partial charge in [-0.3, -0.25) is 14.9 Å². The Morgan fingerprint density at radius 3 is 2.50 bits per heavy atom. The van der Waals surface area contributed by atoms with Crippen LogP contribution >= 0.6 is 11.6 Å². The Labute approximate surface area is 109 Å². The molecule has 1 aromatic heterocycles. The smallest absolute Gasteiger partial charge is 0.395 e. The van der Waals surface area contributed by atoms with Crippen molar-refractivity contribution in [3.8, 4) is 0 Å². The number of furan rings is 1. The third-order valence-corrected chi connectivity index (χ3v) is 3.50. The van der Waals surface area contributed by atoms with Crippen LogP contribution in [-0.2, 0) is 0 Å². The first-order valence-electron chi connectivity index (χ1n) is 5.60. The zero-order valence-electron chi connectivity index (χ0n) is 10.2. The van der Waals surface area contributed by atoms with Gasteiger partial charge in [-0.2, -0.15) is 0 Å². The molecule has 0 aliphatic rings. The SMILES string of the molecule is CCC(CC)(CCl)NC(=O)c1ccc([N+](=O)[O-])o1. The summed E-state index contributed by atoms with van der Waals surface area (Å²) in [5.74, 6) is -0.760. The van der Waals surface area contributed by atoms with E-state index in [0.717, 1.165) is 6.07 Å². The maximum atomic E-state index is 11.9. The molecule has 0 atom stereocenters. The fourth-order valence-corrected chi connectivity index (χ4v) is 1.94. The molecule has 1 N–H and O–H groups in total. The van der Waals surface area contributed by atoms with Crippen LogP contribution in [0.2, 0.25) is 0 Å². The molecule has 0 saturated carbocycles. The van der Waals surface area contributed by atoms with Crippen LogP contribution in [0.15, 0.2) is 16.5 Å². The first-order valence-corrected chi connectivity index (χ1v) is 6.14. The maximum absolute atomic E-state index is 11.9. The summed E-state index contributed by atoms with van der Waals surface area (Å²) >= 11 is 5.86. The fourth-order valence-electron chi connectivity index (χ4n) is 1.50. The summed E-state index contributed by atoms with van der Waals surface area (Å²) in [5, 5.41) is 13.2. The van der Waals surface area contributed by atoms with E-state index in [9.17, 15) is 14.9 Å². The van der Waals surface area contributed by atoms with Gasteiger partial charge in [-0.15, -0.1) is 11.6 Å². The van der Waals surface area contributed by atoms with Gasteiger partial charge < -0.3 is 9.73 Å². The van der Waals surface area contributed by atoms with E-state index in [2.05, 4.69) is 5.32 Å². The first-order chi connectivity index (χ1) is 8.48. The molecule has 1 rings (SSSR count). The topological polar surface area (TPSA) is 85.4 Å². The number of alkyl halides is 1. The minimum atomic E-state index is -0.689. The van der Waals surface area contributed by atoms with E-state index in [1.807, 2.05) is 13.8 Å². The molecular formula is C11H15ClN2O4. The van der Waals surface area contributed by atoms with E-state index in [1.54, 1.807) is 0 Å². The Bertz CT molecular complexity index is 432. The number of halogens is 1. The molecule has 0 spiro atoms. The number of nitro groups is 1. The summed E-state index contributed by atoms with van der Waals surface area (Å²) in [5.41, 5.74) is -0.514. The molecule has 0 aliphatic heterocycles. The molecule has 1 heterocycles. The van der Waals surface area contributed by atoms with Gasteiger partial charge in [-0.05, 0) is 18.9 Å². The highest BCUT2D eigenvalue weighted by Gasteiger charge is 2.29. The lowest BCUT2D eigenvalue weighted by atomic mass is 9.95. The molecule has 0 saturated heterocycles. The van der Waals surface area contributed by atoms with Crippen molar-refractivity contribution in [1.82, 2.24) is 5.32 Å². The van der Waals surface area contributed by atoms with Crippen molar-refractivity contribution in [2.24, 2.45) is 0 Å². The molecule has 6 nitrogen and oxygen atoms in total. The van der Waals surface area contributed by atoms with Crippen molar-refractivity contribution in [2.75, 3.05) is 5.88 Å².